The molecule has 1 aromatic carbocycles. The number of hydrazine groups is 1. The number of hydrogen-bond donors (Lipinski definition) is 2. The van der Waals surface area contributed by atoms with Gasteiger partial charge in [0.1, 0.15) is 5.82 Å². The van der Waals surface area contributed by atoms with Gasteiger partial charge in [-0.05, 0) is 17.7 Å². The molecule has 2 aromatic rings. The van der Waals surface area contributed by atoms with Crippen molar-refractivity contribution in [3.05, 3.63) is 58.7 Å². The van der Waals surface area contributed by atoms with Crippen molar-refractivity contribution >= 4 is 29.2 Å². The zero-order valence-electron chi connectivity index (χ0n) is 9.77. The van der Waals surface area contributed by atoms with Crippen molar-refractivity contribution in [2.75, 3.05) is 5.43 Å². The van der Waals surface area contributed by atoms with Crippen molar-refractivity contribution in [3.63, 3.8) is 0 Å². The van der Waals surface area contributed by atoms with Crippen molar-refractivity contribution < 1.29 is 0 Å². The lowest BCUT2D eigenvalue weighted by molar-refractivity contribution is 1.18. The van der Waals surface area contributed by atoms with E-state index in [0.717, 1.165) is 33.5 Å². The molecule has 94 valence electrons. The normalized spacial score (nSPS) is 10.3. The van der Waals surface area contributed by atoms with Crippen LogP contribution in [0.15, 0.2) is 42.6 Å². The van der Waals surface area contributed by atoms with E-state index in [1.807, 2.05) is 36.4 Å². The van der Waals surface area contributed by atoms with Gasteiger partial charge in [-0.25, -0.2) is 10.8 Å². The molecule has 0 saturated carbocycles. The smallest absolute Gasteiger partial charge is 0.143 e. The number of anilines is 1. The van der Waals surface area contributed by atoms with Crippen LogP contribution in [0.2, 0.25) is 5.02 Å². The summed E-state index contributed by atoms with van der Waals surface area (Å²) < 4.78 is 0. The Balaban J connectivity index is 1.95. The minimum absolute atomic E-state index is 0.726. The third-order valence-corrected chi connectivity index (χ3v) is 3.90. The molecule has 1 heterocycles. The van der Waals surface area contributed by atoms with Gasteiger partial charge in [0.2, 0.25) is 0 Å². The Hall–Kier alpha value is -1.23. The maximum absolute atomic E-state index is 6.11. The molecule has 2 rings (SSSR count). The van der Waals surface area contributed by atoms with Crippen LogP contribution < -0.4 is 11.3 Å². The monoisotopic (exact) mass is 279 g/mol. The van der Waals surface area contributed by atoms with Gasteiger partial charge < -0.3 is 5.43 Å². The van der Waals surface area contributed by atoms with Crippen molar-refractivity contribution in [2.24, 2.45) is 5.84 Å². The molecule has 0 amide bonds. The van der Waals surface area contributed by atoms with Gasteiger partial charge in [0.15, 0.2) is 0 Å². The van der Waals surface area contributed by atoms with Crippen molar-refractivity contribution in [1.82, 2.24) is 4.98 Å². The molecule has 0 bridgehead atoms. The Morgan fingerprint density at radius 3 is 2.61 bits per heavy atom. The second-order valence-corrected chi connectivity index (χ2v) is 5.13. The molecule has 0 aliphatic rings. The number of benzene rings is 1. The maximum atomic E-state index is 6.11. The first-order valence-corrected chi connectivity index (χ1v) is 7.06. The third kappa shape index (κ3) is 3.38. The van der Waals surface area contributed by atoms with Crippen molar-refractivity contribution in [2.45, 2.75) is 11.5 Å². The fraction of sp³-hybridized carbons (Fsp3) is 0.154. The molecule has 0 spiro atoms. The summed E-state index contributed by atoms with van der Waals surface area (Å²) in [6.45, 7) is 0. The fourth-order valence-electron chi connectivity index (χ4n) is 1.57. The van der Waals surface area contributed by atoms with Gasteiger partial charge in [-0.15, -0.1) is 0 Å². The quantitative estimate of drug-likeness (QED) is 0.650. The Morgan fingerprint density at radius 1 is 1.11 bits per heavy atom. The molecule has 0 aliphatic heterocycles. The van der Waals surface area contributed by atoms with E-state index >= 15 is 0 Å². The molecule has 0 fully saturated rings. The number of pyridine rings is 1. The molecule has 3 nitrogen and oxygen atoms in total. The lowest BCUT2D eigenvalue weighted by atomic mass is 10.2. The van der Waals surface area contributed by atoms with Crippen LogP contribution >= 0.6 is 23.4 Å². The van der Waals surface area contributed by atoms with E-state index in [4.69, 9.17) is 17.4 Å². The highest BCUT2D eigenvalue weighted by Gasteiger charge is 2.03. The summed E-state index contributed by atoms with van der Waals surface area (Å²) in [6.07, 6.45) is 1.72. The number of hydrogen-bond acceptors (Lipinski definition) is 4. The van der Waals surface area contributed by atoms with Gasteiger partial charge in [0.05, 0.1) is 0 Å². The van der Waals surface area contributed by atoms with Crippen LogP contribution in [-0.4, -0.2) is 4.98 Å². The van der Waals surface area contributed by atoms with E-state index in [2.05, 4.69) is 10.4 Å². The van der Waals surface area contributed by atoms with Gasteiger partial charge >= 0.3 is 0 Å². The molecule has 18 heavy (non-hydrogen) atoms. The maximum Gasteiger partial charge on any atom is 0.143 e. The zero-order valence-corrected chi connectivity index (χ0v) is 11.3. The summed E-state index contributed by atoms with van der Waals surface area (Å²) in [6, 6.07) is 11.8. The Kier molecular flexibility index (Phi) is 4.87. The first kappa shape index (κ1) is 13.2. The first-order valence-electron chi connectivity index (χ1n) is 5.53. The number of nitrogens with two attached hydrogens (primary N) is 1. The molecule has 0 unspecified atom stereocenters. The van der Waals surface area contributed by atoms with Crippen LogP contribution in [0.4, 0.5) is 5.82 Å². The summed E-state index contributed by atoms with van der Waals surface area (Å²) in [5, 5.41) is 0.813. The highest BCUT2D eigenvalue weighted by atomic mass is 35.5. The van der Waals surface area contributed by atoms with E-state index in [-0.39, 0.29) is 0 Å². The lowest BCUT2D eigenvalue weighted by Crippen LogP contribution is -2.10. The molecular weight excluding hydrogens is 266 g/mol. The third-order valence-electron chi connectivity index (χ3n) is 2.50. The van der Waals surface area contributed by atoms with Crippen LogP contribution in [0, 0.1) is 0 Å². The average molecular weight is 280 g/mol. The highest BCUT2D eigenvalue weighted by molar-refractivity contribution is 7.97. The Morgan fingerprint density at radius 2 is 1.83 bits per heavy atom. The van der Waals surface area contributed by atoms with Crippen LogP contribution in [0.3, 0.4) is 0 Å². The van der Waals surface area contributed by atoms with Gasteiger partial charge in [-0.1, -0.05) is 35.9 Å². The second-order valence-electron chi connectivity index (χ2n) is 3.74. The van der Waals surface area contributed by atoms with Crippen LogP contribution in [-0.2, 0) is 11.5 Å². The number of nitrogens with one attached hydrogen (secondary N) is 1. The number of thioether (sulfide) groups is 1. The van der Waals surface area contributed by atoms with E-state index in [1.54, 1.807) is 18.0 Å². The molecule has 5 heteroatoms. The summed E-state index contributed by atoms with van der Waals surface area (Å²) in [5.41, 5.74) is 4.85. The van der Waals surface area contributed by atoms with Crippen LogP contribution in [0.25, 0.3) is 0 Å². The Labute approximate surface area is 116 Å². The van der Waals surface area contributed by atoms with E-state index in [1.165, 1.54) is 0 Å². The average Bonchev–Trinajstić information content (AvgIpc) is 2.41. The van der Waals surface area contributed by atoms with E-state index < -0.39 is 0 Å². The van der Waals surface area contributed by atoms with Crippen LogP contribution in [0.5, 0.6) is 0 Å². The zero-order chi connectivity index (χ0) is 12.8. The summed E-state index contributed by atoms with van der Waals surface area (Å²) in [7, 11) is 0. The van der Waals surface area contributed by atoms with Crippen molar-refractivity contribution in [3.8, 4) is 0 Å². The fourth-order valence-corrected chi connectivity index (χ4v) is 2.88. The number of rotatable bonds is 5. The second kappa shape index (κ2) is 6.64. The van der Waals surface area contributed by atoms with E-state index in [9.17, 15) is 0 Å². The number of aromatic nitrogens is 1. The molecule has 0 radical (unpaired) electrons. The minimum Gasteiger partial charge on any atom is -0.308 e. The highest BCUT2D eigenvalue weighted by Crippen LogP contribution is 2.24. The molecule has 3 N–H and O–H groups in total. The van der Waals surface area contributed by atoms with E-state index in [0.29, 0.717) is 0 Å². The number of nitrogen functional groups attached to an aromatic ring is 1. The minimum atomic E-state index is 0.726. The summed E-state index contributed by atoms with van der Waals surface area (Å²) in [5.74, 6) is 7.86. The molecule has 0 aliphatic carbocycles. The predicted molar refractivity (Wildman–Crippen MR) is 78.5 cm³/mol. The first-order chi connectivity index (χ1) is 8.81. The Bertz CT molecular complexity index is 519. The molecule has 0 atom stereocenters. The summed E-state index contributed by atoms with van der Waals surface area (Å²) in [4.78, 5) is 4.16. The molecule has 1 aromatic heterocycles. The summed E-state index contributed by atoms with van der Waals surface area (Å²) >= 11 is 7.89. The lowest BCUT2D eigenvalue weighted by Gasteiger charge is -2.07. The SMILES string of the molecule is NNc1ncccc1CSCc1ccccc1Cl. The number of nitrogens with zero attached hydrogens (tertiary/aromatic N) is 1. The largest absolute Gasteiger partial charge is 0.308 e. The predicted octanol–water partition coefficient (Wildman–Crippen LogP) is 3.45. The van der Waals surface area contributed by atoms with Gasteiger partial charge in [-0.3, -0.25) is 0 Å². The number of halogens is 1. The van der Waals surface area contributed by atoms with Crippen molar-refractivity contribution in [1.29, 1.82) is 0 Å². The van der Waals surface area contributed by atoms with Gasteiger partial charge in [-0.2, -0.15) is 11.8 Å². The van der Waals surface area contributed by atoms with Crippen LogP contribution in [0.1, 0.15) is 11.1 Å². The molecule has 0 saturated heterocycles. The van der Waals surface area contributed by atoms with Gasteiger partial charge in [0.25, 0.3) is 0 Å². The molecular formula is C13H14ClN3S. The topological polar surface area (TPSA) is 50.9 Å². The van der Waals surface area contributed by atoms with Gasteiger partial charge in [0, 0.05) is 28.3 Å². The standard InChI is InChI=1S/C13H14ClN3S/c14-12-6-2-1-4-10(12)8-18-9-11-5-3-7-16-13(11)17-15/h1-7H,8-9,15H2,(H,16,17).